The fourth-order valence-electron chi connectivity index (χ4n) is 4.71. The number of rotatable bonds is 6. The van der Waals surface area contributed by atoms with Gasteiger partial charge in [0.2, 0.25) is 5.91 Å². The van der Waals surface area contributed by atoms with Crippen molar-refractivity contribution >= 4 is 22.6 Å². The maximum absolute atomic E-state index is 13.4. The number of aryl methyl sites for hydroxylation is 1. The van der Waals surface area contributed by atoms with E-state index in [-0.39, 0.29) is 11.3 Å². The molecule has 1 amide bonds. The first kappa shape index (κ1) is 19.3. The molecule has 0 unspecified atom stereocenters. The normalized spacial score (nSPS) is 17.2. The number of fused-ring (bicyclic) bond motifs is 2. The molecule has 5 nitrogen and oxygen atoms in total. The summed E-state index contributed by atoms with van der Waals surface area (Å²) in [7, 11) is 0. The zero-order chi connectivity index (χ0) is 20.9. The number of hydrogen-bond acceptors (Lipinski definition) is 3. The van der Waals surface area contributed by atoms with E-state index in [2.05, 4.69) is 54.8 Å². The van der Waals surface area contributed by atoms with Crippen LogP contribution in [0.2, 0.25) is 0 Å². The molecule has 1 fully saturated rings. The van der Waals surface area contributed by atoms with E-state index in [4.69, 9.17) is 10.7 Å². The average Bonchev–Trinajstić information content (AvgIpc) is 3.43. The van der Waals surface area contributed by atoms with Crippen LogP contribution in [0, 0.1) is 11.3 Å². The maximum Gasteiger partial charge on any atom is 0.233 e. The quantitative estimate of drug-likeness (QED) is 0.664. The Morgan fingerprint density at radius 2 is 1.97 bits per heavy atom. The molecular weight excluding hydrogens is 372 g/mol. The first-order valence-corrected chi connectivity index (χ1v) is 11.1. The minimum absolute atomic E-state index is 0.171. The minimum Gasteiger partial charge on any atom is -0.326 e. The molecule has 3 aromatic rings. The van der Waals surface area contributed by atoms with E-state index < -0.39 is 0 Å². The van der Waals surface area contributed by atoms with Crippen molar-refractivity contribution < 1.29 is 4.79 Å². The fraction of sp³-hybridized carbons (Fsp3) is 0.440. The van der Waals surface area contributed by atoms with E-state index in [0.717, 1.165) is 60.3 Å². The van der Waals surface area contributed by atoms with Crippen LogP contribution in [0.5, 0.6) is 0 Å². The van der Waals surface area contributed by atoms with Gasteiger partial charge in [-0.2, -0.15) is 0 Å². The van der Waals surface area contributed by atoms with E-state index in [9.17, 15) is 4.79 Å². The van der Waals surface area contributed by atoms with Crippen LogP contribution >= 0.6 is 0 Å². The molecule has 5 rings (SSSR count). The largest absolute Gasteiger partial charge is 0.326 e. The summed E-state index contributed by atoms with van der Waals surface area (Å²) in [4.78, 5) is 20.4. The highest BCUT2D eigenvalue weighted by atomic mass is 16.2. The molecule has 5 heteroatoms. The number of aromatic nitrogens is 2. The number of benzene rings is 2. The van der Waals surface area contributed by atoms with E-state index in [1.54, 1.807) is 0 Å². The minimum atomic E-state index is -0.171. The Balaban J connectivity index is 1.57. The highest BCUT2D eigenvalue weighted by molar-refractivity contribution is 6.02. The number of nitrogens with zero attached hydrogens (tertiary/aromatic N) is 3. The highest BCUT2D eigenvalue weighted by Crippen LogP contribution is 2.54. The molecule has 30 heavy (non-hydrogen) atoms. The van der Waals surface area contributed by atoms with Crippen LogP contribution in [-0.4, -0.2) is 15.5 Å². The zero-order valence-corrected chi connectivity index (χ0v) is 17.9. The highest BCUT2D eigenvalue weighted by Gasteiger charge is 2.54. The van der Waals surface area contributed by atoms with Gasteiger partial charge in [-0.25, -0.2) is 4.98 Å². The second-order valence-corrected chi connectivity index (χ2v) is 9.37. The molecule has 1 saturated carbocycles. The number of anilines is 1. The molecule has 0 radical (unpaired) electrons. The molecule has 2 N–H and O–H groups in total. The van der Waals surface area contributed by atoms with Crippen molar-refractivity contribution in [3.8, 4) is 0 Å². The Bertz CT molecular complexity index is 1110. The van der Waals surface area contributed by atoms with Gasteiger partial charge in [0.15, 0.2) is 0 Å². The van der Waals surface area contributed by atoms with Gasteiger partial charge in [-0.3, -0.25) is 4.79 Å². The van der Waals surface area contributed by atoms with E-state index in [0.29, 0.717) is 19.0 Å². The lowest BCUT2D eigenvalue weighted by molar-refractivity contribution is -0.124. The summed E-state index contributed by atoms with van der Waals surface area (Å²) in [5, 5.41) is 0. The van der Waals surface area contributed by atoms with Gasteiger partial charge in [0, 0.05) is 18.8 Å². The predicted octanol–water partition coefficient (Wildman–Crippen LogP) is 4.41. The molecule has 0 bridgehead atoms. The van der Waals surface area contributed by atoms with Crippen molar-refractivity contribution in [1.29, 1.82) is 0 Å². The molecule has 2 heterocycles. The summed E-state index contributed by atoms with van der Waals surface area (Å²) in [5.74, 6) is 1.83. The molecule has 1 aliphatic heterocycles. The van der Waals surface area contributed by atoms with Gasteiger partial charge in [-0.1, -0.05) is 38.1 Å². The average molecular weight is 403 g/mol. The van der Waals surface area contributed by atoms with Gasteiger partial charge in [0.25, 0.3) is 0 Å². The van der Waals surface area contributed by atoms with Crippen molar-refractivity contribution in [2.45, 2.75) is 59.2 Å². The Kier molecular flexibility index (Phi) is 4.66. The van der Waals surface area contributed by atoms with Gasteiger partial charge in [-0.05, 0) is 60.9 Å². The topological polar surface area (TPSA) is 64.2 Å². The Labute approximate surface area is 177 Å². The monoisotopic (exact) mass is 402 g/mol. The number of hydrogen-bond donors (Lipinski definition) is 1. The van der Waals surface area contributed by atoms with Crippen LogP contribution in [0.3, 0.4) is 0 Å². The molecular formula is C25H30N4O. The van der Waals surface area contributed by atoms with Crippen molar-refractivity contribution in [2.24, 2.45) is 17.1 Å². The Morgan fingerprint density at radius 3 is 2.70 bits per heavy atom. The first-order valence-electron chi connectivity index (χ1n) is 11.1. The van der Waals surface area contributed by atoms with Crippen molar-refractivity contribution in [1.82, 2.24) is 9.55 Å². The predicted molar refractivity (Wildman–Crippen MR) is 120 cm³/mol. The number of amides is 1. The van der Waals surface area contributed by atoms with Gasteiger partial charge >= 0.3 is 0 Å². The molecule has 0 saturated heterocycles. The zero-order valence-electron chi connectivity index (χ0n) is 17.9. The summed E-state index contributed by atoms with van der Waals surface area (Å²) in [6.07, 6.45) is 3.95. The standard InChI is InChI=1S/C25H30N4O/c1-17(2)9-12-28-22-8-7-18(15-26)13-20(22)27-23(28)16-29-21-6-4-3-5-19(21)14-25(10-11-25)24(29)30/h3-8,13,17H,9-12,14-16,26H2,1-2H3. The number of carbonyl (C=O) groups is 1. The van der Waals surface area contributed by atoms with Crippen LogP contribution in [0.15, 0.2) is 42.5 Å². The molecule has 1 aromatic heterocycles. The summed E-state index contributed by atoms with van der Waals surface area (Å²) < 4.78 is 2.31. The summed E-state index contributed by atoms with van der Waals surface area (Å²) >= 11 is 0. The summed E-state index contributed by atoms with van der Waals surface area (Å²) in [6.45, 7) is 6.41. The van der Waals surface area contributed by atoms with Crippen molar-refractivity contribution in [3.05, 3.63) is 59.4 Å². The third kappa shape index (κ3) is 3.21. The number of carbonyl (C=O) groups excluding carboxylic acids is 1. The second kappa shape index (κ2) is 7.24. The molecule has 2 aromatic carbocycles. The van der Waals surface area contributed by atoms with Crippen LogP contribution in [-0.2, 0) is 30.8 Å². The first-order chi connectivity index (χ1) is 14.5. The fourth-order valence-corrected chi connectivity index (χ4v) is 4.71. The van der Waals surface area contributed by atoms with Crippen molar-refractivity contribution in [2.75, 3.05) is 4.90 Å². The lowest BCUT2D eigenvalue weighted by Crippen LogP contribution is -2.42. The lowest BCUT2D eigenvalue weighted by Gasteiger charge is -2.34. The van der Waals surface area contributed by atoms with Crippen LogP contribution < -0.4 is 10.6 Å². The van der Waals surface area contributed by atoms with Crippen LogP contribution in [0.4, 0.5) is 5.69 Å². The summed E-state index contributed by atoms with van der Waals surface area (Å²) in [6, 6.07) is 14.6. The number of nitrogens with two attached hydrogens (primary N) is 1. The molecule has 1 spiro atoms. The van der Waals surface area contributed by atoms with Gasteiger partial charge in [0.05, 0.1) is 23.0 Å². The van der Waals surface area contributed by atoms with Crippen LogP contribution in [0.25, 0.3) is 11.0 Å². The maximum atomic E-state index is 13.4. The third-order valence-electron chi connectivity index (χ3n) is 6.72. The number of imidazole rings is 1. The van der Waals surface area contributed by atoms with Gasteiger partial charge in [0.1, 0.15) is 5.82 Å². The number of para-hydroxylation sites is 1. The Hall–Kier alpha value is -2.66. The third-order valence-corrected chi connectivity index (χ3v) is 6.72. The van der Waals surface area contributed by atoms with Gasteiger partial charge < -0.3 is 15.2 Å². The Morgan fingerprint density at radius 1 is 1.17 bits per heavy atom. The van der Waals surface area contributed by atoms with Gasteiger partial charge in [-0.15, -0.1) is 0 Å². The summed E-state index contributed by atoms with van der Waals surface area (Å²) in [5.41, 5.74) is 11.2. The SMILES string of the molecule is CC(C)CCn1c(CN2C(=O)C3(CC3)Cc3ccccc32)nc2cc(CN)ccc21. The molecule has 156 valence electrons. The van der Waals surface area contributed by atoms with Crippen LogP contribution in [0.1, 0.15) is 50.1 Å². The smallest absolute Gasteiger partial charge is 0.233 e. The molecule has 2 aliphatic rings. The molecule has 1 aliphatic carbocycles. The van der Waals surface area contributed by atoms with E-state index in [1.165, 1.54) is 5.56 Å². The van der Waals surface area contributed by atoms with E-state index in [1.807, 2.05) is 11.0 Å². The lowest BCUT2D eigenvalue weighted by atomic mass is 9.89. The molecule has 0 atom stereocenters. The van der Waals surface area contributed by atoms with E-state index >= 15 is 0 Å². The van der Waals surface area contributed by atoms with Crippen molar-refractivity contribution in [3.63, 3.8) is 0 Å². The second-order valence-electron chi connectivity index (χ2n) is 9.37.